The average Bonchev–Trinajstić information content (AvgIpc) is 2.79. The highest BCUT2D eigenvalue weighted by atomic mass is 19.1. The van der Waals surface area contributed by atoms with Gasteiger partial charge in [0.2, 0.25) is 0 Å². The molecule has 0 N–H and O–H groups in total. The molecule has 1 aliphatic heterocycles. The molecule has 0 amide bonds. The molecule has 4 heteroatoms. The lowest BCUT2D eigenvalue weighted by Gasteiger charge is -2.41. The highest BCUT2D eigenvalue weighted by Gasteiger charge is 2.35. The molecule has 1 aromatic rings. The van der Waals surface area contributed by atoms with Gasteiger partial charge < -0.3 is 9.47 Å². The lowest BCUT2D eigenvalue weighted by atomic mass is 9.67. The monoisotopic (exact) mass is 409 g/mol. The first-order chi connectivity index (χ1) is 14.6. The van der Waals surface area contributed by atoms with Crippen LogP contribution in [0.2, 0.25) is 0 Å². The molecule has 3 fully saturated rings. The summed E-state index contributed by atoms with van der Waals surface area (Å²) in [6, 6.07) is 6.46. The second-order valence-corrected chi connectivity index (χ2v) is 9.55. The van der Waals surface area contributed by atoms with Crippen LogP contribution in [0.25, 0.3) is 0 Å². The van der Waals surface area contributed by atoms with E-state index in [0.717, 1.165) is 17.8 Å². The van der Waals surface area contributed by atoms with Gasteiger partial charge in [-0.1, -0.05) is 25.8 Å². The van der Waals surface area contributed by atoms with Crippen LogP contribution in [0, 0.1) is 58.6 Å². The van der Waals surface area contributed by atoms with Crippen LogP contribution in [0.4, 0.5) is 4.39 Å². The van der Waals surface area contributed by atoms with Gasteiger partial charge in [-0.05, 0) is 80.2 Å². The molecule has 3 aliphatic rings. The van der Waals surface area contributed by atoms with Gasteiger partial charge in [0.05, 0.1) is 18.8 Å². The Morgan fingerprint density at radius 1 is 0.867 bits per heavy atom. The van der Waals surface area contributed by atoms with Gasteiger partial charge in [0, 0.05) is 17.4 Å². The van der Waals surface area contributed by atoms with Crippen LogP contribution in [-0.4, -0.2) is 13.2 Å². The largest absolute Gasteiger partial charge is 0.348 e. The van der Waals surface area contributed by atoms with Crippen LogP contribution in [0.5, 0.6) is 0 Å². The summed E-state index contributed by atoms with van der Waals surface area (Å²) in [5.41, 5.74) is 0.891. The van der Waals surface area contributed by atoms with Crippen LogP contribution in [0.1, 0.15) is 75.7 Å². The van der Waals surface area contributed by atoms with Crippen molar-refractivity contribution in [3.8, 4) is 17.9 Å². The van der Waals surface area contributed by atoms with E-state index >= 15 is 0 Å². The minimum atomic E-state index is -0.519. The standard InChI is InChI=1S/C26H32FNO2/c1-18-4-6-19(7-5-18)20-8-10-21(11-9-20)24-16-29-26(30-17-24)23-13-12-22(3-2-14-28)25(27)15-23/h12-13,15,18-21,24,26H,4-11,16-17H2,1H3. The predicted molar refractivity (Wildman–Crippen MR) is 114 cm³/mol. The van der Waals surface area contributed by atoms with Gasteiger partial charge in [0.1, 0.15) is 5.82 Å². The number of rotatable bonds is 3. The minimum Gasteiger partial charge on any atom is -0.348 e. The Labute approximate surface area is 179 Å². The molecule has 0 aromatic heterocycles. The van der Waals surface area contributed by atoms with E-state index in [0.29, 0.717) is 30.6 Å². The Balaban J connectivity index is 1.25. The van der Waals surface area contributed by atoms with E-state index < -0.39 is 12.1 Å². The number of halogens is 1. The highest BCUT2D eigenvalue weighted by Crippen LogP contribution is 2.43. The molecule has 0 atom stereocenters. The minimum absolute atomic E-state index is 0.221. The molecule has 2 saturated carbocycles. The molecule has 0 unspecified atom stereocenters. The first-order valence-electron chi connectivity index (χ1n) is 11.6. The summed E-state index contributed by atoms with van der Waals surface area (Å²) in [6.45, 7) is 3.76. The van der Waals surface area contributed by atoms with Crippen molar-refractivity contribution in [3.05, 3.63) is 35.1 Å². The van der Waals surface area contributed by atoms with Crippen molar-refractivity contribution in [2.24, 2.45) is 29.6 Å². The number of hydrogen-bond acceptors (Lipinski definition) is 3. The molecular formula is C26H32FNO2. The topological polar surface area (TPSA) is 42.2 Å². The Kier molecular flexibility index (Phi) is 7.08. The second-order valence-electron chi connectivity index (χ2n) is 9.55. The molecule has 1 saturated heterocycles. The molecule has 1 aromatic carbocycles. The van der Waals surface area contributed by atoms with Gasteiger partial charge >= 0.3 is 0 Å². The van der Waals surface area contributed by atoms with Crippen molar-refractivity contribution in [1.82, 2.24) is 0 Å². The summed E-state index contributed by atoms with van der Waals surface area (Å²) >= 11 is 0. The second kappa shape index (κ2) is 9.95. The quantitative estimate of drug-likeness (QED) is 0.576. The molecule has 0 bridgehead atoms. The third-order valence-electron chi connectivity index (χ3n) is 7.65. The summed E-state index contributed by atoms with van der Waals surface area (Å²) in [7, 11) is 0. The molecule has 0 spiro atoms. The third kappa shape index (κ3) is 5.05. The zero-order valence-electron chi connectivity index (χ0n) is 17.9. The maximum absolute atomic E-state index is 14.2. The normalized spacial score (nSPS) is 34.4. The first-order valence-corrected chi connectivity index (χ1v) is 11.6. The van der Waals surface area contributed by atoms with E-state index in [2.05, 4.69) is 18.8 Å². The number of ether oxygens (including phenoxy) is 2. The van der Waals surface area contributed by atoms with Gasteiger partial charge in [-0.25, -0.2) is 4.39 Å². The summed E-state index contributed by atoms with van der Waals surface area (Å²) in [4.78, 5) is 0. The van der Waals surface area contributed by atoms with Crippen LogP contribution in [0.15, 0.2) is 18.2 Å². The molecule has 0 radical (unpaired) electrons. The van der Waals surface area contributed by atoms with Crippen molar-refractivity contribution in [2.45, 2.75) is 64.6 Å². The van der Waals surface area contributed by atoms with Crippen LogP contribution >= 0.6 is 0 Å². The van der Waals surface area contributed by atoms with Crippen molar-refractivity contribution in [2.75, 3.05) is 13.2 Å². The number of hydrogen-bond donors (Lipinski definition) is 0. The molecule has 4 rings (SSSR count). The van der Waals surface area contributed by atoms with E-state index in [-0.39, 0.29) is 5.56 Å². The van der Waals surface area contributed by atoms with E-state index in [4.69, 9.17) is 14.7 Å². The summed E-state index contributed by atoms with van der Waals surface area (Å²) in [6.07, 6.45) is 10.5. The van der Waals surface area contributed by atoms with E-state index in [9.17, 15) is 4.39 Å². The molecule has 160 valence electrons. The average molecular weight is 410 g/mol. The number of benzene rings is 1. The van der Waals surface area contributed by atoms with E-state index in [1.807, 2.05) is 0 Å². The van der Waals surface area contributed by atoms with Crippen LogP contribution < -0.4 is 0 Å². The molecule has 1 heterocycles. The van der Waals surface area contributed by atoms with Crippen molar-refractivity contribution in [3.63, 3.8) is 0 Å². The van der Waals surface area contributed by atoms with Gasteiger partial charge in [-0.2, -0.15) is 5.26 Å². The smallest absolute Gasteiger partial charge is 0.183 e. The van der Waals surface area contributed by atoms with Gasteiger partial charge in [0.25, 0.3) is 0 Å². The Bertz CT molecular complexity index is 812. The first kappa shape index (κ1) is 21.4. The number of nitriles is 1. The molecule has 30 heavy (non-hydrogen) atoms. The van der Waals surface area contributed by atoms with E-state index in [1.165, 1.54) is 57.4 Å². The van der Waals surface area contributed by atoms with Crippen LogP contribution in [0.3, 0.4) is 0 Å². The Morgan fingerprint density at radius 2 is 1.43 bits per heavy atom. The fourth-order valence-electron chi connectivity index (χ4n) is 5.70. The van der Waals surface area contributed by atoms with Crippen molar-refractivity contribution < 1.29 is 13.9 Å². The SMILES string of the molecule is CC1CCC(C2CCC(C3COC(c4ccc(C#CC#N)c(F)c4)OC3)CC2)CC1. The lowest BCUT2D eigenvalue weighted by Crippen LogP contribution is -2.35. The fraction of sp³-hybridized carbons (Fsp3) is 0.654. The van der Waals surface area contributed by atoms with Crippen molar-refractivity contribution in [1.29, 1.82) is 5.26 Å². The number of nitrogens with zero attached hydrogens (tertiary/aromatic N) is 1. The van der Waals surface area contributed by atoms with Gasteiger partial charge in [-0.3, -0.25) is 0 Å². The summed E-state index contributed by atoms with van der Waals surface area (Å²) < 4.78 is 26.2. The van der Waals surface area contributed by atoms with Gasteiger partial charge in [-0.15, -0.1) is 0 Å². The van der Waals surface area contributed by atoms with Crippen LogP contribution in [-0.2, 0) is 9.47 Å². The lowest BCUT2D eigenvalue weighted by molar-refractivity contribution is -0.215. The summed E-state index contributed by atoms with van der Waals surface area (Å²) in [5.74, 6) is 8.23. The fourth-order valence-corrected chi connectivity index (χ4v) is 5.70. The summed E-state index contributed by atoms with van der Waals surface area (Å²) in [5, 5.41) is 8.51. The highest BCUT2D eigenvalue weighted by molar-refractivity contribution is 5.40. The zero-order valence-corrected chi connectivity index (χ0v) is 17.9. The maximum atomic E-state index is 14.2. The molecular weight excluding hydrogens is 377 g/mol. The predicted octanol–water partition coefficient (Wildman–Crippen LogP) is 6.00. The third-order valence-corrected chi connectivity index (χ3v) is 7.65. The van der Waals surface area contributed by atoms with Crippen molar-refractivity contribution >= 4 is 0 Å². The Hall–Kier alpha value is -1.88. The van der Waals surface area contributed by atoms with E-state index in [1.54, 1.807) is 18.2 Å². The van der Waals surface area contributed by atoms with Gasteiger partial charge in [0.15, 0.2) is 12.4 Å². The maximum Gasteiger partial charge on any atom is 0.183 e. The molecule has 3 nitrogen and oxygen atoms in total. The Morgan fingerprint density at radius 3 is 2.00 bits per heavy atom. The molecule has 2 aliphatic carbocycles. The zero-order chi connectivity index (χ0) is 20.9.